The quantitative estimate of drug-likeness (QED) is 0.437. The zero-order chi connectivity index (χ0) is 14.3. The first-order valence-electron chi connectivity index (χ1n) is 6.19. The van der Waals surface area contributed by atoms with Crippen molar-refractivity contribution in [3.8, 4) is 0 Å². The Kier molecular flexibility index (Phi) is 7.27. The first-order valence-corrected chi connectivity index (χ1v) is 7.79. The number of nitrogens with one attached hydrogen (secondary N) is 2. The second-order valence-electron chi connectivity index (χ2n) is 4.29. The van der Waals surface area contributed by atoms with Crippen LogP contribution in [0, 0.1) is 0 Å². The van der Waals surface area contributed by atoms with Gasteiger partial charge in [0.05, 0.1) is 4.90 Å². The summed E-state index contributed by atoms with van der Waals surface area (Å²) in [6.07, 6.45) is 2.86. The molecule has 7 heteroatoms. The SMILES string of the molecule is COCCCNc1nc(Cl)c(SC)c(NC(C)C)n1. The van der Waals surface area contributed by atoms with Crippen molar-refractivity contribution in [2.45, 2.75) is 31.2 Å². The Morgan fingerprint density at radius 2 is 2.11 bits per heavy atom. The Morgan fingerprint density at radius 1 is 1.37 bits per heavy atom. The number of hydrogen-bond donors (Lipinski definition) is 2. The van der Waals surface area contributed by atoms with Gasteiger partial charge >= 0.3 is 0 Å². The van der Waals surface area contributed by atoms with Crippen LogP contribution in [0.1, 0.15) is 20.3 Å². The topological polar surface area (TPSA) is 59.1 Å². The van der Waals surface area contributed by atoms with Crippen LogP contribution in [0.5, 0.6) is 0 Å². The summed E-state index contributed by atoms with van der Waals surface area (Å²) in [6, 6.07) is 0.290. The van der Waals surface area contributed by atoms with Gasteiger partial charge in [0.25, 0.3) is 0 Å². The molecular weight excluding hydrogens is 284 g/mol. The van der Waals surface area contributed by atoms with Crippen LogP contribution in [0.2, 0.25) is 5.15 Å². The molecule has 19 heavy (non-hydrogen) atoms. The van der Waals surface area contributed by atoms with Crippen molar-refractivity contribution in [2.75, 3.05) is 37.2 Å². The molecule has 1 heterocycles. The molecule has 0 bridgehead atoms. The molecule has 0 aliphatic carbocycles. The number of halogens is 1. The van der Waals surface area contributed by atoms with E-state index in [9.17, 15) is 0 Å². The molecule has 0 fully saturated rings. The van der Waals surface area contributed by atoms with Crippen LogP contribution in [-0.4, -0.2) is 42.5 Å². The smallest absolute Gasteiger partial charge is 0.226 e. The van der Waals surface area contributed by atoms with E-state index >= 15 is 0 Å². The molecule has 0 aliphatic rings. The fourth-order valence-electron chi connectivity index (χ4n) is 1.47. The maximum Gasteiger partial charge on any atom is 0.226 e. The van der Waals surface area contributed by atoms with Crippen LogP contribution in [0.4, 0.5) is 11.8 Å². The Bertz CT molecular complexity index is 404. The van der Waals surface area contributed by atoms with Gasteiger partial charge in [0.1, 0.15) is 11.0 Å². The fourth-order valence-corrected chi connectivity index (χ4v) is 2.38. The number of hydrogen-bond acceptors (Lipinski definition) is 6. The number of rotatable bonds is 8. The molecule has 0 saturated carbocycles. The molecule has 5 nitrogen and oxygen atoms in total. The normalized spacial score (nSPS) is 10.8. The highest BCUT2D eigenvalue weighted by Crippen LogP contribution is 2.31. The highest BCUT2D eigenvalue weighted by atomic mass is 35.5. The standard InChI is InChI=1S/C12H21ClN4OS/c1-8(2)15-11-9(19-4)10(13)16-12(17-11)14-6-5-7-18-3/h8H,5-7H2,1-4H3,(H2,14,15,16,17). The minimum Gasteiger partial charge on any atom is -0.385 e. The van der Waals surface area contributed by atoms with Crippen molar-refractivity contribution in [1.82, 2.24) is 9.97 Å². The molecule has 0 aliphatic heterocycles. The molecule has 108 valence electrons. The predicted molar refractivity (Wildman–Crippen MR) is 82.6 cm³/mol. The summed E-state index contributed by atoms with van der Waals surface area (Å²) >= 11 is 7.72. The molecule has 0 unspecified atom stereocenters. The summed E-state index contributed by atoms with van der Waals surface area (Å²) < 4.78 is 4.99. The first kappa shape index (κ1) is 16.3. The minimum atomic E-state index is 0.290. The van der Waals surface area contributed by atoms with Crippen molar-refractivity contribution in [3.63, 3.8) is 0 Å². The van der Waals surface area contributed by atoms with Gasteiger partial charge in [-0.3, -0.25) is 0 Å². The van der Waals surface area contributed by atoms with Gasteiger partial charge in [0.2, 0.25) is 5.95 Å². The van der Waals surface area contributed by atoms with E-state index in [0.717, 1.165) is 23.7 Å². The molecule has 0 amide bonds. The van der Waals surface area contributed by atoms with Crippen LogP contribution in [-0.2, 0) is 4.74 Å². The molecule has 0 spiro atoms. The Balaban J connectivity index is 2.80. The molecule has 0 aromatic carbocycles. The molecule has 0 radical (unpaired) electrons. The summed E-state index contributed by atoms with van der Waals surface area (Å²) in [7, 11) is 1.69. The predicted octanol–water partition coefficient (Wildman–Crippen LogP) is 3.12. The van der Waals surface area contributed by atoms with E-state index in [1.54, 1.807) is 7.11 Å². The Hall–Kier alpha value is -0.720. The summed E-state index contributed by atoms with van der Waals surface area (Å²) in [4.78, 5) is 9.59. The van der Waals surface area contributed by atoms with Gasteiger partial charge in [-0.2, -0.15) is 9.97 Å². The van der Waals surface area contributed by atoms with E-state index in [-0.39, 0.29) is 0 Å². The second-order valence-corrected chi connectivity index (χ2v) is 5.47. The Morgan fingerprint density at radius 3 is 2.68 bits per heavy atom. The zero-order valence-electron chi connectivity index (χ0n) is 11.8. The van der Waals surface area contributed by atoms with Crippen molar-refractivity contribution >= 4 is 35.1 Å². The zero-order valence-corrected chi connectivity index (χ0v) is 13.4. The number of thioether (sulfide) groups is 1. The lowest BCUT2D eigenvalue weighted by molar-refractivity contribution is 0.197. The molecule has 1 aromatic heterocycles. The molecule has 1 rings (SSSR count). The largest absolute Gasteiger partial charge is 0.385 e. The first-order chi connectivity index (χ1) is 9.08. The van der Waals surface area contributed by atoms with Crippen molar-refractivity contribution in [1.29, 1.82) is 0 Å². The van der Waals surface area contributed by atoms with Gasteiger partial charge in [0, 0.05) is 26.3 Å². The Labute approximate surface area is 123 Å². The van der Waals surface area contributed by atoms with Gasteiger partial charge in [-0.05, 0) is 26.5 Å². The van der Waals surface area contributed by atoms with E-state index in [0.29, 0.717) is 23.8 Å². The lowest BCUT2D eigenvalue weighted by Gasteiger charge is -2.15. The van der Waals surface area contributed by atoms with Gasteiger partial charge in [-0.15, -0.1) is 11.8 Å². The lowest BCUT2D eigenvalue weighted by Crippen LogP contribution is -2.15. The maximum atomic E-state index is 6.18. The van der Waals surface area contributed by atoms with Gasteiger partial charge < -0.3 is 15.4 Å². The summed E-state index contributed by atoms with van der Waals surface area (Å²) in [5.74, 6) is 1.32. The summed E-state index contributed by atoms with van der Waals surface area (Å²) in [5, 5.41) is 6.91. The molecule has 1 aromatic rings. The van der Waals surface area contributed by atoms with Gasteiger partial charge in [-0.25, -0.2) is 0 Å². The van der Waals surface area contributed by atoms with Crippen molar-refractivity contribution in [2.24, 2.45) is 0 Å². The molecule has 0 saturated heterocycles. The van der Waals surface area contributed by atoms with Crippen LogP contribution < -0.4 is 10.6 Å². The molecular formula is C12H21ClN4OS. The maximum absolute atomic E-state index is 6.18. The van der Waals surface area contributed by atoms with Crippen LogP contribution in [0.15, 0.2) is 4.90 Å². The fraction of sp³-hybridized carbons (Fsp3) is 0.667. The molecule has 2 N–H and O–H groups in total. The van der Waals surface area contributed by atoms with Crippen LogP contribution in [0.3, 0.4) is 0 Å². The number of anilines is 2. The van der Waals surface area contributed by atoms with Crippen LogP contribution in [0.25, 0.3) is 0 Å². The minimum absolute atomic E-state index is 0.290. The lowest BCUT2D eigenvalue weighted by atomic mass is 10.4. The van der Waals surface area contributed by atoms with Gasteiger partial charge in [-0.1, -0.05) is 11.6 Å². The van der Waals surface area contributed by atoms with E-state index in [4.69, 9.17) is 16.3 Å². The monoisotopic (exact) mass is 304 g/mol. The number of aromatic nitrogens is 2. The van der Waals surface area contributed by atoms with E-state index in [2.05, 4.69) is 34.4 Å². The van der Waals surface area contributed by atoms with Crippen molar-refractivity contribution in [3.05, 3.63) is 5.15 Å². The average molecular weight is 305 g/mol. The average Bonchev–Trinajstić information content (AvgIpc) is 2.34. The van der Waals surface area contributed by atoms with E-state index < -0.39 is 0 Å². The number of methoxy groups -OCH3 is 1. The number of nitrogens with zero attached hydrogens (tertiary/aromatic N) is 2. The molecule has 0 atom stereocenters. The third-order valence-corrected chi connectivity index (χ3v) is 3.44. The van der Waals surface area contributed by atoms with E-state index in [1.165, 1.54) is 11.8 Å². The highest BCUT2D eigenvalue weighted by molar-refractivity contribution is 7.98. The van der Waals surface area contributed by atoms with E-state index in [1.807, 2.05) is 6.26 Å². The highest BCUT2D eigenvalue weighted by Gasteiger charge is 2.12. The summed E-state index contributed by atoms with van der Waals surface area (Å²) in [5.41, 5.74) is 0. The number of ether oxygens (including phenoxy) is 1. The third-order valence-electron chi connectivity index (χ3n) is 2.26. The van der Waals surface area contributed by atoms with Crippen LogP contribution >= 0.6 is 23.4 Å². The van der Waals surface area contributed by atoms with Gasteiger partial charge in [0.15, 0.2) is 0 Å². The third kappa shape index (κ3) is 5.42. The second kappa shape index (κ2) is 8.45. The summed E-state index contributed by atoms with van der Waals surface area (Å²) in [6.45, 7) is 5.59. The van der Waals surface area contributed by atoms with Crippen molar-refractivity contribution < 1.29 is 4.74 Å².